The average molecular weight is 526 g/mol. The number of carbonyl (C=O) groups excluding carboxylic acids is 1. The fourth-order valence-electron chi connectivity index (χ4n) is 3.01. The van der Waals surface area contributed by atoms with Crippen molar-refractivity contribution in [1.82, 2.24) is 0 Å². The number of hydrogen-bond acceptors (Lipinski definition) is 5. The van der Waals surface area contributed by atoms with E-state index in [0.29, 0.717) is 20.6 Å². The second-order valence-corrected chi connectivity index (χ2v) is 11.3. The molecule has 0 atom stereocenters. The topological polar surface area (TPSA) is 113 Å². The Morgan fingerprint density at radius 3 is 2.24 bits per heavy atom. The third-order valence-electron chi connectivity index (χ3n) is 4.77. The molecule has 0 unspecified atom stereocenters. The van der Waals surface area contributed by atoms with Crippen molar-refractivity contribution in [2.24, 2.45) is 0 Å². The number of nitrogens with zero attached hydrogens (tertiary/aromatic N) is 1. The number of hydrogen-bond donors (Lipinski definition) is 2. The maximum atomic E-state index is 14.1. The Labute approximate surface area is 202 Å². The van der Waals surface area contributed by atoms with Gasteiger partial charge in [0.25, 0.3) is 10.0 Å². The SMILES string of the molecule is Cc1c(Cl)cccc1NS(=O)(=O)c1ccc(NC(=O)CN(c2ccccc2F)S(C)(=O)=O)cc1. The molecule has 3 aromatic rings. The highest BCUT2D eigenvalue weighted by molar-refractivity contribution is 7.92. The molecule has 0 saturated carbocycles. The highest BCUT2D eigenvalue weighted by atomic mass is 35.5. The molecule has 1 amide bonds. The van der Waals surface area contributed by atoms with Crippen LogP contribution in [0.4, 0.5) is 21.5 Å². The van der Waals surface area contributed by atoms with Gasteiger partial charge in [-0.05, 0) is 61.0 Å². The van der Waals surface area contributed by atoms with Gasteiger partial charge in [0.05, 0.1) is 22.5 Å². The maximum absolute atomic E-state index is 14.1. The molecule has 0 aromatic heterocycles. The summed E-state index contributed by atoms with van der Waals surface area (Å²) in [6.07, 6.45) is 0.862. The molecule has 3 aromatic carbocycles. The van der Waals surface area contributed by atoms with E-state index in [2.05, 4.69) is 10.0 Å². The van der Waals surface area contributed by atoms with Crippen LogP contribution >= 0.6 is 11.6 Å². The number of benzene rings is 3. The van der Waals surface area contributed by atoms with E-state index in [1.807, 2.05) is 0 Å². The zero-order chi connectivity index (χ0) is 25.1. The van der Waals surface area contributed by atoms with Gasteiger partial charge in [0.15, 0.2) is 0 Å². The molecule has 0 radical (unpaired) electrons. The first-order chi connectivity index (χ1) is 15.9. The highest BCUT2D eigenvalue weighted by Crippen LogP contribution is 2.26. The Morgan fingerprint density at radius 1 is 0.971 bits per heavy atom. The van der Waals surface area contributed by atoms with Gasteiger partial charge in [-0.2, -0.15) is 0 Å². The molecule has 0 spiro atoms. The maximum Gasteiger partial charge on any atom is 0.261 e. The smallest absolute Gasteiger partial charge is 0.261 e. The first-order valence-electron chi connectivity index (χ1n) is 9.78. The van der Waals surface area contributed by atoms with E-state index >= 15 is 0 Å². The van der Waals surface area contributed by atoms with Gasteiger partial charge in [-0.15, -0.1) is 0 Å². The van der Waals surface area contributed by atoms with Crippen LogP contribution in [-0.4, -0.2) is 35.5 Å². The van der Waals surface area contributed by atoms with Crippen LogP contribution in [-0.2, 0) is 24.8 Å². The second kappa shape index (κ2) is 10.00. The Morgan fingerprint density at radius 2 is 1.62 bits per heavy atom. The van der Waals surface area contributed by atoms with Crippen molar-refractivity contribution in [3.8, 4) is 0 Å². The van der Waals surface area contributed by atoms with Crippen LogP contribution in [0.15, 0.2) is 71.6 Å². The van der Waals surface area contributed by atoms with Crippen LogP contribution in [0.3, 0.4) is 0 Å². The standard InChI is InChI=1S/C22H21ClFN3O5S2/c1-15-18(23)6-5-8-20(15)26-34(31,32)17-12-10-16(11-13-17)25-22(28)14-27(33(2,29)30)21-9-4-3-7-19(21)24/h3-13,26H,14H2,1-2H3,(H,25,28). The van der Waals surface area contributed by atoms with Crippen molar-refractivity contribution >= 4 is 54.6 Å². The van der Waals surface area contributed by atoms with E-state index in [1.165, 1.54) is 42.5 Å². The first-order valence-corrected chi connectivity index (χ1v) is 13.5. The van der Waals surface area contributed by atoms with Crippen LogP contribution in [0.2, 0.25) is 5.02 Å². The minimum absolute atomic E-state index is 0.0611. The number of nitrogens with one attached hydrogen (secondary N) is 2. The molecule has 0 saturated heterocycles. The summed E-state index contributed by atoms with van der Waals surface area (Å²) in [6.45, 7) is 1.01. The van der Waals surface area contributed by atoms with E-state index in [0.717, 1.165) is 12.3 Å². The average Bonchev–Trinajstić information content (AvgIpc) is 2.75. The molecule has 0 bridgehead atoms. The third kappa shape index (κ3) is 6.04. The van der Waals surface area contributed by atoms with Gasteiger partial charge in [0.2, 0.25) is 15.9 Å². The molecule has 0 aliphatic heterocycles. The van der Waals surface area contributed by atoms with Crippen LogP contribution in [0.25, 0.3) is 0 Å². The molecule has 8 nitrogen and oxygen atoms in total. The molecule has 3 rings (SSSR count). The molecule has 0 aliphatic carbocycles. The van der Waals surface area contributed by atoms with Crippen LogP contribution < -0.4 is 14.3 Å². The predicted molar refractivity (Wildman–Crippen MR) is 131 cm³/mol. The zero-order valence-electron chi connectivity index (χ0n) is 18.1. The van der Waals surface area contributed by atoms with Crippen molar-refractivity contribution in [2.75, 3.05) is 27.1 Å². The summed E-state index contributed by atoms with van der Waals surface area (Å²) in [5, 5.41) is 2.89. The van der Waals surface area contributed by atoms with Crippen molar-refractivity contribution in [1.29, 1.82) is 0 Å². The Balaban J connectivity index is 1.74. The van der Waals surface area contributed by atoms with E-state index in [4.69, 9.17) is 11.6 Å². The number of halogens is 2. The van der Waals surface area contributed by atoms with E-state index in [-0.39, 0.29) is 16.3 Å². The fourth-order valence-corrected chi connectivity index (χ4v) is 5.16. The minimum Gasteiger partial charge on any atom is -0.325 e. The predicted octanol–water partition coefficient (Wildman–Crippen LogP) is 3.99. The molecular formula is C22H21ClFN3O5S2. The summed E-state index contributed by atoms with van der Waals surface area (Å²) >= 11 is 6.03. The molecule has 0 fully saturated rings. The molecule has 0 heterocycles. The summed E-state index contributed by atoms with van der Waals surface area (Å²) in [4.78, 5) is 12.4. The Kier molecular flexibility index (Phi) is 7.49. The number of anilines is 3. The highest BCUT2D eigenvalue weighted by Gasteiger charge is 2.23. The lowest BCUT2D eigenvalue weighted by atomic mass is 10.2. The number of amides is 1. The summed E-state index contributed by atoms with van der Waals surface area (Å²) in [5.41, 5.74) is 0.870. The molecule has 2 N–H and O–H groups in total. The second-order valence-electron chi connectivity index (χ2n) is 7.31. The molecule has 180 valence electrons. The van der Waals surface area contributed by atoms with Gasteiger partial charge in [-0.3, -0.25) is 13.8 Å². The zero-order valence-corrected chi connectivity index (χ0v) is 20.5. The molecule has 0 aliphatic rings. The third-order valence-corrected chi connectivity index (χ3v) is 7.69. The van der Waals surface area contributed by atoms with Gasteiger partial charge < -0.3 is 5.32 Å². The van der Waals surface area contributed by atoms with Crippen LogP contribution in [0.5, 0.6) is 0 Å². The van der Waals surface area contributed by atoms with Crippen LogP contribution in [0.1, 0.15) is 5.56 Å². The van der Waals surface area contributed by atoms with Gasteiger partial charge >= 0.3 is 0 Å². The summed E-state index contributed by atoms with van der Waals surface area (Å²) in [6, 6.07) is 15.3. The number of para-hydroxylation sites is 1. The normalized spacial score (nSPS) is 11.6. The van der Waals surface area contributed by atoms with E-state index in [9.17, 15) is 26.0 Å². The molecule has 34 heavy (non-hydrogen) atoms. The Hall–Kier alpha value is -3.15. The molecular weight excluding hydrogens is 505 g/mol. The number of rotatable bonds is 8. The van der Waals surface area contributed by atoms with Crippen molar-refractivity contribution < 1.29 is 26.0 Å². The summed E-state index contributed by atoms with van der Waals surface area (Å²) in [5.74, 6) is -1.53. The minimum atomic E-state index is -3.95. The van der Waals surface area contributed by atoms with Crippen molar-refractivity contribution in [2.45, 2.75) is 11.8 Å². The number of sulfonamides is 2. The monoisotopic (exact) mass is 525 g/mol. The van der Waals surface area contributed by atoms with E-state index < -0.39 is 38.3 Å². The lowest BCUT2D eigenvalue weighted by molar-refractivity contribution is -0.114. The van der Waals surface area contributed by atoms with Crippen LogP contribution in [0, 0.1) is 12.7 Å². The summed E-state index contributed by atoms with van der Waals surface area (Å²) < 4.78 is 66.8. The van der Waals surface area contributed by atoms with Gasteiger partial charge in [-0.1, -0.05) is 29.8 Å². The van der Waals surface area contributed by atoms with Gasteiger partial charge in [-0.25, -0.2) is 21.2 Å². The lowest BCUT2D eigenvalue weighted by Crippen LogP contribution is -2.38. The van der Waals surface area contributed by atoms with Crippen molar-refractivity contribution in [3.05, 3.63) is 83.1 Å². The molecule has 12 heteroatoms. The number of carbonyl (C=O) groups is 1. The fraction of sp³-hybridized carbons (Fsp3) is 0.136. The van der Waals surface area contributed by atoms with Crippen molar-refractivity contribution in [3.63, 3.8) is 0 Å². The quantitative estimate of drug-likeness (QED) is 0.461. The van der Waals surface area contributed by atoms with Gasteiger partial charge in [0.1, 0.15) is 12.4 Å². The van der Waals surface area contributed by atoms with E-state index in [1.54, 1.807) is 25.1 Å². The largest absolute Gasteiger partial charge is 0.325 e. The lowest BCUT2D eigenvalue weighted by Gasteiger charge is -2.22. The summed E-state index contributed by atoms with van der Waals surface area (Å²) in [7, 11) is -7.88. The first kappa shape index (κ1) is 25.5. The van der Waals surface area contributed by atoms with Gasteiger partial charge in [0, 0.05) is 10.7 Å². The Bertz CT molecular complexity index is 1430.